The summed E-state index contributed by atoms with van der Waals surface area (Å²) in [5, 5.41) is 10.0. The van der Waals surface area contributed by atoms with Crippen LogP contribution in [0.25, 0.3) is 0 Å². The maximum absolute atomic E-state index is 10.0. The van der Waals surface area contributed by atoms with Crippen LogP contribution < -0.4 is 0 Å². The molecule has 1 N–H and O–H groups in total. The fraction of sp³-hybridized carbons (Fsp3) is 0.500. The van der Waals surface area contributed by atoms with Crippen LogP contribution in [-0.4, -0.2) is 36.1 Å². The summed E-state index contributed by atoms with van der Waals surface area (Å²) in [5.41, 5.74) is 0.976. The summed E-state index contributed by atoms with van der Waals surface area (Å²) in [6.45, 7) is 4.00. The van der Waals surface area contributed by atoms with Crippen molar-refractivity contribution >= 4 is 0 Å². The van der Waals surface area contributed by atoms with E-state index >= 15 is 0 Å². The molecule has 5 atom stereocenters. The van der Waals surface area contributed by atoms with E-state index in [0.29, 0.717) is 13.0 Å². The Hall–Kier alpha value is -1.20. The molecule has 0 aromatic heterocycles. The number of rotatable bonds is 5. The Morgan fingerprint density at radius 3 is 2.70 bits per heavy atom. The molecule has 0 saturated carbocycles. The smallest absolute Gasteiger partial charge is 0.184 e. The summed E-state index contributed by atoms with van der Waals surface area (Å²) >= 11 is 0. The molecule has 20 heavy (non-hydrogen) atoms. The van der Waals surface area contributed by atoms with Gasteiger partial charge in [0.2, 0.25) is 0 Å². The van der Waals surface area contributed by atoms with Crippen molar-refractivity contribution < 1.29 is 19.3 Å². The maximum Gasteiger partial charge on any atom is 0.184 e. The van der Waals surface area contributed by atoms with Gasteiger partial charge in [-0.1, -0.05) is 36.4 Å². The van der Waals surface area contributed by atoms with Gasteiger partial charge in [0.25, 0.3) is 0 Å². The number of hydrogen-bond donors (Lipinski definition) is 1. The lowest BCUT2D eigenvalue weighted by atomic mass is 10.0. The lowest BCUT2D eigenvalue weighted by molar-refractivity contribution is -0.258. The van der Waals surface area contributed by atoms with Crippen molar-refractivity contribution in [1.29, 1.82) is 0 Å². The molecule has 2 heterocycles. The number of benzene rings is 1. The maximum atomic E-state index is 10.0. The van der Waals surface area contributed by atoms with Crippen LogP contribution in [0.5, 0.6) is 0 Å². The minimum absolute atomic E-state index is 0.169. The fourth-order valence-corrected chi connectivity index (χ4v) is 2.57. The summed E-state index contributed by atoms with van der Waals surface area (Å²) in [6.07, 6.45) is 2.58. The van der Waals surface area contributed by atoms with E-state index in [1.807, 2.05) is 36.4 Å². The van der Waals surface area contributed by atoms with Gasteiger partial charge in [0.1, 0.15) is 6.10 Å². The van der Waals surface area contributed by atoms with Gasteiger partial charge in [-0.2, -0.15) is 0 Å². The van der Waals surface area contributed by atoms with Crippen LogP contribution in [0, 0.1) is 0 Å². The van der Waals surface area contributed by atoms with Crippen LogP contribution in [0.1, 0.15) is 24.7 Å². The van der Waals surface area contributed by atoms with Crippen LogP contribution in [-0.2, 0) is 14.2 Å². The third-order valence-electron chi connectivity index (χ3n) is 3.77. The zero-order valence-corrected chi connectivity index (χ0v) is 11.4. The molecule has 2 saturated heterocycles. The van der Waals surface area contributed by atoms with E-state index in [2.05, 4.69) is 6.58 Å². The fourth-order valence-electron chi connectivity index (χ4n) is 2.57. The van der Waals surface area contributed by atoms with Gasteiger partial charge in [-0.15, -0.1) is 6.58 Å². The van der Waals surface area contributed by atoms with Gasteiger partial charge in [0.05, 0.1) is 24.9 Å². The van der Waals surface area contributed by atoms with Crippen molar-refractivity contribution in [3.05, 3.63) is 48.6 Å². The van der Waals surface area contributed by atoms with Crippen LogP contribution >= 0.6 is 0 Å². The van der Waals surface area contributed by atoms with Gasteiger partial charge in [0, 0.05) is 12.0 Å². The monoisotopic (exact) mass is 276 g/mol. The molecule has 0 amide bonds. The lowest BCUT2D eigenvalue weighted by Crippen LogP contribution is -2.41. The molecule has 3 rings (SSSR count). The lowest BCUT2D eigenvalue weighted by Gasteiger charge is -2.34. The predicted octanol–water partition coefficient (Wildman–Crippen LogP) is 2.20. The zero-order valence-electron chi connectivity index (χ0n) is 11.4. The standard InChI is InChI=1S/C16H20O4/c1-2-6-13-15(19-13)9-14-12(17)10-18-16(20-14)11-7-4-3-5-8-11/h2-5,7-8,12-17H,1,6,9-10H2/t12-,13-,14+,15-,16-/m1/s1. The Balaban J connectivity index is 1.58. The first kappa shape index (κ1) is 13.8. The van der Waals surface area contributed by atoms with Gasteiger partial charge in [-0.05, 0) is 6.42 Å². The molecule has 4 nitrogen and oxygen atoms in total. The predicted molar refractivity (Wildman–Crippen MR) is 74.1 cm³/mol. The molecule has 2 aliphatic heterocycles. The van der Waals surface area contributed by atoms with E-state index in [1.165, 1.54) is 0 Å². The van der Waals surface area contributed by atoms with Crippen molar-refractivity contribution in [3.8, 4) is 0 Å². The minimum atomic E-state index is -0.594. The van der Waals surface area contributed by atoms with Crippen molar-refractivity contribution in [1.82, 2.24) is 0 Å². The number of aliphatic hydroxyl groups is 1. The largest absolute Gasteiger partial charge is 0.388 e. The van der Waals surface area contributed by atoms with Crippen LogP contribution in [0.3, 0.4) is 0 Å². The Kier molecular flexibility index (Phi) is 4.17. The second-order valence-corrected chi connectivity index (χ2v) is 5.29. The highest BCUT2D eigenvalue weighted by Gasteiger charge is 2.43. The summed E-state index contributed by atoms with van der Waals surface area (Å²) in [5.74, 6) is 0. The van der Waals surface area contributed by atoms with Crippen molar-refractivity contribution in [3.63, 3.8) is 0 Å². The summed E-state index contributed by atoms with van der Waals surface area (Å²) < 4.78 is 17.0. The average molecular weight is 276 g/mol. The van der Waals surface area contributed by atoms with E-state index < -0.39 is 12.4 Å². The summed E-state index contributed by atoms with van der Waals surface area (Å²) in [7, 11) is 0. The Morgan fingerprint density at radius 1 is 1.15 bits per heavy atom. The first-order valence-electron chi connectivity index (χ1n) is 7.04. The SMILES string of the molecule is C=CC[C@H]1O[C@@H]1C[C@@H]1O[C@H](c2ccccc2)OC[C@H]1O. The normalized spacial score (nSPS) is 36.5. The molecule has 1 aromatic rings. The first-order chi connectivity index (χ1) is 9.78. The highest BCUT2D eigenvalue weighted by atomic mass is 16.7. The Morgan fingerprint density at radius 2 is 1.95 bits per heavy atom. The minimum Gasteiger partial charge on any atom is -0.388 e. The van der Waals surface area contributed by atoms with Gasteiger partial charge < -0.3 is 19.3 Å². The van der Waals surface area contributed by atoms with Crippen LogP contribution in [0.15, 0.2) is 43.0 Å². The van der Waals surface area contributed by atoms with Crippen molar-refractivity contribution in [2.24, 2.45) is 0 Å². The van der Waals surface area contributed by atoms with E-state index in [-0.39, 0.29) is 18.3 Å². The van der Waals surface area contributed by atoms with E-state index in [0.717, 1.165) is 12.0 Å². The topological polar surface area (TPSA) is 51.2 Å². The van der Waals surface area contributed by atoms with Gasteiger partial charge >= 0.3 is 0 Å². The van der Waals surface area contributed by atoms with Crippen molar-refractivity contribution in [2.45, 2.75) is 43.5 Å². The molecule has 2 fully saturated rings. The molecule has 0 radical (unpaired) electrons. The second kappa shape index (κ2) is 6.06. The highest BCUT2D eigenvalue weighted by molar-refractivity contribution is 5.16. The molecule has 1 aromatic carbocycles. The number of ether oxygens (including phenoxy) is 3. The summed E-state index contributed by atoms with van der Waals surface area (Å²) in [4.78, 5) is 0. The number of hydrogen-bond acceptors (Lipinski definition) is 4. The average Bonchev–Trinajstić information content (AvgIpc) is 3.21. The number of aliphatic hydroxyl groups excluding tert-OH is 1. The third-order valence-corrected chi connectivity index (χ3v) is 3.77. The van der Waals surface area contributed by atoms with Crippen molar-refractivity contribution in [2.75, 3.05) is 6.61 Å². The van der Waals surface area contributed by atoms with Gasteiger partial charge in [-0.25, -0.2) is 0 Å². The van der Waals surface area contributed by atoms with Gasteiger partial charge in [-0.3, -0.25) is 0 Å². The Bertz CT molecular complexity index is 447. The molecular formula is C16H20O4. The quantitative estimate of drug-likeness (QED) is 0.661. The highest BCUT2D eigenvalue weighted by Crippen LogP contribution is 2.35. The molecular weight excluding hydrogens is 256 g/mol. The van der Waals surface area contributed by atoms with E-state index in [1.54, 1.807) is 0 Å². The molecule has 0 aliphatic carbocycles. The Labute approximate surface area is 119 Å². The van der Waals surface area contributed by atoms with Gasteiger partial charge in [0.15, 0.2) is 6.29 Å². The second-order valence-electron chi connectivity index (χ2n) is 5.29. The molecule has 4 heteroatoms. The molecule has 2 aliphatic rings. The molecule has 0 unspecified atom stereocenters. The van der Waals surface area contributed by atoms with Crippen LogP contribution in [0.4, 0.5) is 0 Å². The number of epoxide rings is 1. The third kappa shape index (κ3) is 3.10. The van der Waals surface area contributed by atoms with E-state index in [9.17, 15) is 5.11 Å². The molecule has 108 valence electrons. The van der Waals surface area contributed by atoms with Crippen LogP contribution in [0.2, 0.25) is 0 Å². The zero-order chi connectivity index (χ0) is 13.9. The molecule has 0 bridgehead atoms. The van der Waals surface area contributed by atoms with E-state index in [4.69, 9.17) is 14.2 Å². The first-order valence-corrected chi connectivity index (χ1v) is 7.04. The molecule has 0 spiro atoms. The summed E-state index contributed by atoms with van der Waals surface area (Å²) in [6, 6.07) is 9.79.